The van der Waals surface area contributed by atoms with Crippen molar-refractivity contribution in [3.8, 4) is 0 Å². The van der Waals surface area contributed by atoms with Gasteiger partial charge in [0.1, 0.15) is 11.5 Å². The Labute approximate surface area is 191 Å². The molecule has 0 aliphatic carbocycles. The molecule has 1 aromatic carbocycles. The first-order chi connectivity index (χ1) is 15.4. The minimum atomic E-state index is -0.851. The zero-order valence-electron chi connectivity index (χ0n) is 17.8. The molecule has 1 fully saturated rings. The van der Waals surface area contributed by atoms with Gasteiger partial charge in [-0.05, 0) is 38.0 Å². The van der Waals surface area contributed by atoms with Crippen molar-refractivity contribution in [1.82, 2.24) is 14.3 Å². The first-order valence-corrected chi connectivity index (χ1v) is 11.1. The van der Waals surface area contributed by atoms with Crippen LogP contribution in [0.25, 0.3) is 5.65 Å². The van der Waals surface area contributed by atoms with Crippen LogP contribution in [-0.4, -0.2) is 45.4 Å². The highest BCUT2D eigenvalue weighted by molar-refractivity contribution is 6.34. The number of nitrogens with two attached hydrogens (primary N) is 1. The summed E-state index contributed by atoms with van der Waals surface area (Å²) in [6.45, 7) is 3.15. The molecule has 8 nitrogen and oxygen atoms in total. The van der Waals surface area contributed by atoms with E-state index in [0.29, 0.717) is 29.7 Å². The summed E-state index contributed by atoms with van der Waals surface area (Å²) in [5.41, 5.74) is 7.73. The summed E-state index contributed by atoms with van der Waals surface area (Å²) in [5.74, 6) is 0.876. The largest absolute Gasteiger partial charge is 0.381 e. The van der Waals surface area contributed by atoms with Gasteiger partial charge in [0, 0.05) is 31.0 Å². The zero-order chi connectivity index (χ0) is 22.3. The molecule has 4 heterocycles. The molecule has 2 aromatic heterocycles. The predicted molar refractivity (Wildman–Crippen MR) is 124 cm³/mol. The van der Waals surface area contributed by atoms with Gasteiger partial charge in [0.05, 0.1) is 28.9 Å². The topological polar surface area (TPSA) is 97.2 Å². The standard InChI is InChI=1S/C23H25ClN6O2/c1-23(13-20(31)30(22(25)28-23)15-8-11-32-12-9-15)16-5-4-6-17(21(16)24)26-18-14-29-10-3-2-7-19(29)27-18/h2-7,10,14-15,26H,8-9,11-13H2,1H3,(H2,25,28)/t23-/m0/s1. The number of ether oxygens (including phenoxy) is 1. The van der Waals surface area contributed by atoms with E-state index in [0.717, 1.165) is 24.1 Å². The molecule has 1 saturated heterocycles. The van der Waals surface area contributed by atoms with Gasteiger partial charge in [-0.3, -0.25) is 9.69 Å². The SMILES string of the molecule is C[C@@]1(c2cccc(Nc3cn4ccccc4n3)c2Cl)CC(=O)N(C2CCOCC2)C(N)=N1. The average molecular weight is 453 g/mol. The number of fused-ring (bicyclic) bond motifs is 1. The molecule has 0 spiro atoms. The Hall–Kier alpha value is -3.10. The number of guanidine groups is 1. The number of halogens is 1. The molecule has 0 saturated carbocycles. The number of pyridine rings is 1. The van der Waals surface area contributed by atoms with E-state index >= 15 is 0 Å². The summed E-state index contributed by atoms with van der Waals surface area (Å²) in [6, 6.07) is 11.5. The third-order valence-corrected chi connectivity index (χ3v) is 6.54. The molecule has 1 amide bonds. The minimum absolute atomic E-state index is 0.0306. The molecule has 2 aliphatic heterocycles. The van der Waals surface area contributed by atoms with E-state index in [2.05, 4.69) is 10.3 Å². The number of imidazole rings is 1. The van der Waals surface area contributed by atoms with Crippen molar-refractivity contribution >= 4 is 40.6 Å². The molecular formula is C23H25ClN6O2. The molecule has 166 valence electrons. The number of hydrogen-bond donors (Lipinski definition) is 2. The van der Waals surface area contributed by atoms with Gasteiger partial charge in [0.25, 0.3) is 0 Å². The monoisotopic (exact) mass is 452 g/mol. The van der Waals surface area contributed by atoms with Gasteiger partial charge in [-0.25, -0.2) is 9.98 Å². The van der Waals surface area contributed by atoms with Crippen LogP contribution in [0.3, 0.4) is 0 Å². The maximum atomic E-state index is 13.1. The first-order valence-electron chi connectivity index (χ1n) is 10.7. The molecule has 3 aromatic rings. The van der Waals surface area contributed by atoms with Gasteiger partial charge in [-0.15, -0.1) is 0 Å². The van der Waals surface area contributed by atoms with Gasteiger partial charge < -0.3 is 20.2 Å². The van der Waals surface area contributed by atoms with E-state index in [-0.39, 0.29) is 24.3 Å². The van der Waals surface area contributed by atoms with Gasteiger partial charge in [0.15, 0.2) is 5.96 Å². The van der Waals surface area contributed by atoms with E-state index in [4.69, 9.17) is 27.1 Å². The number of nitrogens with zero attached hydrogens (tertiary/aromatic N) is 4. The van der Waals surface area contributed by atoms with E-state index in [1.54, 1.807) is 4.90 Å². The number of aliphatic imine (C=N–C) groups is 1. The average Bonchev–Trinajstić information content (AvgIpc) is 3.18. The normalized spacial score (nSPS) is 22.2. The van der Waals surface area contributed by atoms with Crippen molar-refractivity contribution in [3.63, 3.8) is 0 Å². The van der Waals surface area contributed by atoms with Gasteiger partial charge in [0.2, 0.25) is 5.91 Å². The fourth-order valence-corrected chi connectivity index (χ4v) is 4.90. The molecule has 0 bridgehead atoms. The van der Waals surface area contributed by atoms with Crippen molar-refractivity contribution in [2.45, 2.75) is 37.8 Å². The van der Waals surface area contributed by atoms with Crippen LogP contribution in [0, 0.1) is 0 Å². The Kier molecular flexibility index (Phi) is 5.27. The molecule has 3 N–H and O–H groups in total. The summed E-state index contributed by atoms with van der Waals surface area (Å²) in [5, 5.41) is 3.78. The van der Waals surface area contributed by atoms with Crippen molar-refractivity contribution < 1.29 is 9.53 Å². The Morgan fingerprint density at radius 2 is 2.03 bits per heavy atom. The van der Waals surface area contributed by atoms with E-state index in [1.807, 2.05) is 60.1 Å². The van der Waals surface area contributed by atoms with Crippen LogP contribution in [0.15, 0.2) is 53.8 Å². The smallest absolute Gasteiger partial charge is 0.232 e. The quantitative estimate of drug-likeness (QED) is 0.629. The highest BCUT2D eigenvalue weighted by Gasteiger charge is 2.41. The third kappa shape index (κ3) is 3.69. The molecule has 2 aliphatic rings. The number of nitrogens with one attached hydrogen (secondary N) is 1. The van der Waals surface area contributed by atoms with Gasteiger partial charge in [-0.1, -0.05) is 29.8 Å². The summed E-state index contributed by atoms with van der Waals surface area (Å²) in [7, 11) is 0. The lowest BCUT2D eigenvalue weighted by atomic mass is 9.86. The zero-order valence-corrected chi connectivity index (χ0v) is 18.5. The van der Waals surface area contributed by atoms with Crippen LogP contribution in [0.2, 0.25) is 5.02 Å². The predicted octanol–water partition coefficient (Wildman–Crippen LogP) is 3.67. The summed E-state index contributed by atoms with van der Waals surface area (Å²) < 4.78 is 7.35. The fraction of sp³-hybridized carbons (Fsp3) is 0.348. The van der Waals surface area contributed by atoms with Crippen LogP contribution < -0.4 is 11.1 Å². The van der Waals surface area contributed by atoms with Crippen molar-refractivity contribution in [2.24, 2.45) is 10.7 Å². The maximum absolute atomic E-state index is 13.1. The van der Waals surface area contributed by atoms with Crippen LogP contribution >= 0.6 is 11.6 Å². The number of hydrogen-bond acceptors (Lipinski definition) is 6. The second-order valence-electron chi connectivity index (χ2n) is 8.41. The molecule has 0 radical (unpaired) electrons. The number of aromatic nitrogens is 2. The lowest BCUT2D eigenvalue weighted by Gasteiger charge is -2.40. The van der Waals surface area contributed by atoms with E-state index in [9.17, 15) is 4.79 Å². The Morgan fingerprint density at radius 1 is 1.22 bits per heavy atom. The molecule has 5 rings (SSSR count). The Balaban J connectivity index is 1.45. The van der Waals surface area contributed by atoms with Crippen molar-refractivity contribution in [3.05, 3.63) is 59.4 Å². The second-order valence-corrected chi connectivity index (χ2v) is 8.79. The van der Waals surface area contributed by atoms with Crippen molar-refractivity contribution in [2.75, 3.05) is 18.5 Å². The fourth-order valence-electron chi connectivity index (χ4n) is 4.52. The third-order valence-electron chi connectivity index (χ3n) is 6.13. The molecule has 1 atom stereocenters. The first kappa shape index (κ1) is 20.8. The number of carbonyl (C=O) groups is 1. The summed E-state index contributed by atoms with van der Waals surface area (Å²) in [6.07, 6.45) is 5.55. The lowest BCUT2D eigenvalue weighted by molar-refractivity contribution is -0.132. The molecule has 32 heavy (non-hydrogen) atoms. The van der Waals surface area contributed by atoms with Crippen LogP contribution in [0.5, 0.6) is 0 Å². The van der Waals surface area contributed by atoms with Gasteiger partial charge >= 0.3 is 0 Å². The van der Waals surface area contributed by atoms with E-state index < -0.39 is 5.54 Å². The highest BCUT2D eigenvalue weighted by Crippen LogP contribution is 2.41. The Morgan fingerprint density at radius 3 is 2.78 bits per heavy atom. The second kappa shape index (κ2) is 8.11. The van der Waals surface area contributed by atoms with Crippen LogP contribution in [-0.2, 0) is 15.1 Å². The Bertz CT molecular complexity index is 1170. The summed E-state index contributed by atoms with van der Waals surface area (Å²) >= 11 is 6.81. The van der Waals surface area contributed by atoms with Gasteiger partial charge in [-0.2, -0.15) is 0 Å². The number of rotatable bonds is 4. The minimum Gasteiger partial charge on any atom is -0.381 e. The molecular weight excluding hydrogens is 428 g/mol. The number of amides is 1. The highest BCUT2D eigenvalue weighted by atomic mass is 35.5. The molecule has 9 heteroatoms. The summed E-state index contributed by atoms with van der Waals surface area (Å²) in [4.78, 5) is 24.1. The van der Waals surface area contributed by atoms with E-state index in [1.165, 1.54) is 0 Å². The number of benzene rings is 1. The van der Waals surface area contributed by atoms with Crippen LogP contribution in [0.4, 0.5) is 11.5 Å². The van der Waals surface area contributed by atoms with Crippen molar-refractivity contribution in [1.29, 1.82) is 0 Å². The lowest BCUT2D eigenvalue weighted by Crippen LogP contribution is -2.55. The number of carbonyl (C=O) groups excluding carboxylic acids is 1. The van der Waals surface area contributed by atoms with Crippen LogP contribution in [0.1, 0.15) is 31.7 Å². The molecule has 0 unspecified atom stereocenters. The maximum Gasteiger partial charge on any atom is 0.232 e. The number of anilines is 2.